The lowest BCUT2D eigenvalue weighted by Crippen LogP contribution is -2.05. The van der Waals surface area contributed by atoms with Gasteiger partial charge in [-0.2, -0.15) is 0 Å². The maximum atomic E-state index is 10.9. The third kappa shape index (κ3) is 3.72. The molecule has 7 heteroatoms. The summed E-state index contributed by atoms with van der Waals surface area (Å²) in [6, 6.07) is 12.3. The second-order valence-corrected chi connectivity index (χ2v) is 5.92. The number of nitrogens with zero attached hydrogens (tertiary/aromatic N) is 2. The molecule has 26 heavy (non-hydrogen) atoms. The number of benzene rings is 2. The highest BCUT2D eigenvalue weighted by Crippen LogP contribution is 2.28. The van der Waals surface area contributed by atoms with Crippen LogP contribution in [-0.2, 0) is 0 Å². The van der Waals surface area contributed by atoms with Crippen molar-refractivity contribution in [3.8, 4) is 0 Å². The number of rotatable bonds is 5. The summed E-state index contributed by atoms with van der Waals surface area (Å²) in [5, 5.41) is 15.2. The van der Waals surface area contributed by atoms with E-state index in [4.69, 9.17) is 10.8 Å². The van der Waals surface area contributed by atoms with Crippen LogP contribution in [0.5, 0.6) is 0 Å². The third-order valence-electron chi connectivity index (χ3n) is 4.05. The number of aromatic carboxylic acids is 1. The quantitative estimate of drug-likeness (QED) is 0.553. The van der Waals surface area contributed by atoms with Gasteiger partial charge in [-0.25, -0.2) is 14.8 Å². The molecule has 0 saturated heterocycles. The Morgan fingerprint density at radius 3 is 2.08 bits per heavy atom. The van der Waals surface area contributed by atoms with Crippen LogP contribution in [0.4, 0.5) is 28.7 Å². The monoisotopic (exact) mass is 349 g/mol. The van der Waals surface area contributed by atoms with Crippen LogP contribution in [0.3, 0.4) is 0 Å². The number of aryl methyl sites for hydroxylation is 2. The summed E-state index contributed by atoms with van der Waals surface area (Å²) in [4.78, 5) is 19.3. The zero-order chi connectivity index (χ0) is 18.7. The third-order valence-corrected chi connectivity index (χ3v) is 4.05. The van der Waals surface area contributed by atoms with E-state index < -0.39 is 5.97 Å². The molecular formula is C19H19N5O2. The van der Waals surface area contributed by atoms with Crippen LogP contribution in [0.25, 0.3) is 0 Å². The van der Waals surface area contributed by atoms with Gasteiger partial charge in [0, 0.05) is 11.4 Å². The highest BCUT2D eigenvalue weighted by molar-refractivity contribution is 5.88. The average Bonchev–Trinajstić information content (AvgIpc) is 2.62. The van der Waals surface area contributed by atoms with E-state index in [1.807, 2.05) is 25.1 Å². The van der Waals surface area contributed by atoms with E-state index in [1.54, 1.807) is 12.1 Å². The molecule has 0 radical (unpaired) electrons. The van der Waals surface area contributed by atoms with Gasteiger partial charge in [-0.1, -0.05) is 6.07 Å². The average molecular weight is 349 g/mol. The number of nitrogen functional groups attached to an aromatic ring is 1. The highest BCUT2D eigenvalue weighted by Gasteiger charge is 2.10. The number of anilines is 5. The Morgan fingerprint density at radius 2 is 1.50 bits per heavy atom. The van der Waals surface area contributed by atoms with Crippen LogP contribution in [0.2, 0.25) is 0 Å². The Morgan fingerprint density at radius 1 is 0.923 bits per heavy atom. The lowest BCUT2D eigenvalue weighted by molar-refractivity contribution is 0.0697. The number of carboxylic acids is 1. The molecule has 0 saturated carbocycles. The normalized spacial score (nSPS) is 10.4. The van der Waals surface area contributed by atoms with Crippen LogP contribution in [-0.4, -0.2) is 21.0 Å². The maximum absolute atomic E-state index is 10.9. The van der Waals surface area contributed by atoms with Gasteiger partial charge in [-0.3, -0.25) is 0 Å². The van der Waals surface area contributed by atoms with Gasteiger partial charge in [0.1, 0.15) is 12.0 Å². The van der Waals surface area contributed by atoms with Crippen molar-refractivity contribution >= 4 is 34.7 Å². The Bertz CT molecular complexity index is 955. The van der Waals surface area contributed by atoms with Gasteiger partial charge in [-0.15, -0.1) is 0 Å². The van der Waals surface area contributed by atoms with Crippen molar-refractivity contribution in [3.63, 3.8) is 0 Å². The van der Waals surface area contributed by atoms with Gasteiger partial charge in [0.15, 0.2) is 11.6 Å². The van der Waals surface area contributed by atoms with Gasteiger partial charge < -0.3 is 21.5 Å². The van der Waals surface area contributed by atoms with Crippen LogP contribution in [0.15, 0.2) is 48.8 Å². The number of carboxylic acid groups (broad SMARTS) is 1. The molecule has 7 nitrogen and oxygen atoms in total. The molecule has 5 N–H and O–H groups in total. The van der Waals surface area contributed by atoms with Crippen LogP contribution >= 0.6 is 0 Å². The first-order valence-corrected chi connectivity index (χ1v) is 7.99. The van der Waals surface area contributed by atoms with Gasteiger partial charge in [0.05, 0.1) is 5.56 Å². The minimum Gasteiger partial charge on any atom is -0.478 e. The molecular weight excluding hydrogens is 330 g/mol. The van der Waals surface area contributed by atoms with E-state index in [0.717, 1.165) is 5.69 Å². The summed E-state index contributed by atoms with van der Waals surface area (Å²) in [5.41, 5.74) is 10.7. The minimum atomic E-state index is -0.974. The standard InChI is InChI=1S/C19H19N5O2/c1-11-3-6-15(9-12(11)2)24-18-16(20)17(21-10-22-18)23-14-7-4-13(5-8-14)19(25)26/h3-10H,20H2,1-2H3,(H,25,26)(H2,21,22,23,24). The van der Waals surface area contributed by atoms with Crippen molar-refractivity contribution < 1.29 is 9.90 Å². The minimum absolute atomic E-state index is 0.211. The molecule has 3 aromatic rings. The topological polar surface area (TPSA) is 113 Å². The lowest BCUT2D eigenvalue weighted by Gasteiger charge is -2.13. The highest BCUT2D eigenvalue weighted by atomic mass is 16.4. The summed E-state index contributed by atoms with van der Waals surface area (Å²) < 4.78 is 0. The van der Waals surface area contributed by atoms with Crippen molar-refractivity contribution in [2.24, 2.45) is 0 Å². The predicted molar refractivity (Wildman–Crippen MR) is 102 cm³/mol. The second-order valence-electron chi connectivity index (χ2n) is 5.92. The van der Waals surface area contributed by atoms with Crippen molar-refractivity contribution in [2.45, 2.75) is 13.8 Å². The second kappa shape index (κ2) is 7.10. The molecule has 1 aromatic heterocycles. The molecule has 1 heterocycles. The molecule has 0 aliphatic carbocycles. The lowest BCUT2D eigenvalue weighted by atomic mass is 10.1. The Labute approximate surface area is 150 Å². The summed E-state index contributed by atoms with van der Waals surface area (Å²) in [7, 11) is 0. The summed E-state index contributed by atoms with van der Waals surface area (Å²) in [6.45, 7) is 4.09. The van der Waals surface area contributed by atoms with Crippen molar-refractivity contribution in [2.75, 3.05) is 16.4 Å². The van der Waals surface area contributed by atoms with E-state index in [2.05, 4.69) is 27.5 Å². The molecule has 0 aliphatic rings. The van der Waals surface area contributed by atoms with Gasteiger partial charge in [0.2, 0.25) is 0 Å². The zero-order valence-corrected chi connectivity index (χ0v) is 14.4. The molecule has 0 unspecified atom stereocenters. The number of hydrogen-bond acceptors (Lipinski definition) is 6. The zero-order valence-electron chi connectivity index (χ0n) is 14.4. The van der Waals surface area contributed by atoms with Gasteiger partial charge >= 0.3 is 5.97 Å². The molecule has 132 valence electrons. The van der Waals surface area contributed by atoms with E-state index in [1.165, 1.54) is 29.6 Å². The summed E-state index contributed by atoms with van der Waals surface area (Å²) in [5.74, 6) is -0.0414. The van der Waals surface area contributed by atoms with Crippen LogP contribution < -0.4 is 16.4 Å². The summed E-state index contributed by atoms with van der Waals surface area (Å²) >= 11 is 0. The van der Waals surface area contributed by atoms with Gasteiger partial charge in [0.25, 0.3) is 0 Å². The Hall–Kier alpha value is -3.61. The van der Waals surface area contributed by atoms with Crippen LogP contribution in [0.1, 0.15) is 21.5 Å². The molecule has 0 atom stereocenters. The van der Waals surface area contributed by atoms with Crippen LogP contribution in [0, 0.1) is 13.8 Å². The number of hydrogen-bond donors (Lipinski definition) is 4. The van der Waals surface area contributed by atoms with E-state index in [9.17, 15) is 4.79 Å². The molecule has 0 spiro atoms. The first kappa shape index (κ1) is 17.2. The fraction of sp³-hybridized carbons (Fsp3) is 0.105. The molecule has 0 aliphatic heterocycles. The Kier molecular flexibility index (Phi) is 4.70. The van der Waals surface area contributed by atoms with E-state index >= 15 is 0 Å². The smallest absolute Gasteiger partial charge is 0.335 e. The molecule has 0 bridgehead atoms. The first-order valence-electron chi connectivity index (χ1n) is 7.99. The molecule has 3 rings (SSSR count). The largest absolute Gasteiger partial charge is 0.478 e. The van der Waals surface area contributed by atoms with Gasteiger partial charge in [-0.05, 0) is 61.4 Å². The fourth-order valence-corrected chi connectivity index (χ4v) is 2.38. The summed E-state index contributed by atoms with van der Waals surface area (Å²) in [6.07, 6.45) is 1.41. The number of carbonyl (C=O) groups is 1. The van der Waals surface area contributed by atoms with Crippen molar-refractivity contribution in [3.05, 3.63) is 65.5 Å². The molecule has 0 fully saturated rings. The van der Waals surface area contributed by atoms with E-state index in [-0.39, 0.29) is 5.56 Å². The van der Waals surface area contributed by atoms with Crippen molar-refractivity contribution in [1.29, 1.82) is 0 Å². The maximum Gasteiger partial charge on any atom is 0.335 e. The molecule has 0 amide bonds. The fourth-order valence-electron chi connectivity index (χ4n) is 2.38. The molecule has 2 aromatic carbocycles. The number of aromatic nitrogens is 2. The SMILES string of the molecule is Cc1ccc(Nc2ncnc(Nc3ccc(C(=O)O)cc3)c2N)cc1C. The Balaban J connectivity index is 1.82. The first-order chi connectivity index (χ1) is 12.4. The number of nitrogens with one attached hydrogen (secondary N) is 2. The van der Waals surface area contributed by atoms with E-state index in [0.29, 0.717) is 23.0 Å². The number of nitrogens with two attached hydrogens (primary N) is 1. The predicted octanol–water partition coefficient (Wildman–Crippen LogP) is 3.86. The van der Waals surface area contributed by atoms with Crippen molar-refractivity contribution in [1.82, 2.24) is 9.97 Å².